The van der Waals surface area contributed by atoms with Gasteiger partial charge < -0.3 is 9.47 Å². The molecule has 0 saturated carbocycles. The summed E-state index contributed by atoms with van der Waals surface area (Å²) in [5, 5.41) is 7.69. The van der Waals surface area contributed by atoms with E-state index in [2.05, 4.69) is 216 Å². The number of hydrogen-bond donors (Lipinski definition) is 0. The van der Waals surface area contributed by atoms with Gasteiger partial charge in [-0.1, -0.05) is 140 Å². The second-order valence-corrected chi connectivity index (χ2v) is 15.2. The van der Waals surface area contributed by atoms with Crippen LogP contribution in [-0.2, 0) is 0 Å². The summed E-state index contributed by atoms with van der Waals surface area (Å²) in [7, 11) is 0. The summed E-state index contributed by atoms with van der Waals surface area (Å²) in [6.45, 7) is 0. The van der Waals surface area contributed by atoms with Crippen molar-refractivity contribution in [2.45, 2.75) is 0 Å². The smallest absolute Gasteiger partial charge is 0.0619 e. The molecule has 0 radical (unpaired) electrons. The summed E-state index contributed by atoms with van der Waals surface area (Å²) in [5.41, 5.74) is 11.8. The molecule has 0 spiro atoms. The van der Waals surface area contributed by atoms with Gasteiger partial charge in [0, 0.05) is 59.1 Å². The van der Waals surface area contributed by atoms with Gasteiger partial charge in [-0.25, -0.2) is 0 Å². The molecule has 0 aliphatic carbocycles. The first-order valence-corrected chi connectivity index (χ1v) is 19.6. The minimum Gasteiger partial charge on any atom is -0.311 e. The van der Waals surface area contributed by atoms with Gasteiger partial charge in [-0.3, -0.25) is 0 Å². The Labute approximate surface area is 323 Å². The Bertz CT molecular complexity index is 3180. The van der Waals surface area contributed by atoms with Gasteiger partial charge in [0.2, 0.25) is 0 Å². The van der Waals surface area contributed by atoms with Crippen LogP contribution in [0.4, 0.5) is 17.1 Å². The average molecular weight is 719 g/mol. The molecule has 0 bridgehead atoms. The van der Waals surface area contributed by atoms with Gasteiger partial charge in [0.1, 0.15) is 0 Å². The number of para-hydroxylation sites is 2. The topological polar surface area (TPSA) is 8.17 Å². The van der Waals surface area contributed by atoms with E-state index in [-0.39, 0.29) is 0 Å². The lowest BCUT2D eigenvalue weighted by Crippen LogP contribution is -2.09. The third-order valence-electron chi connectivity index (χ3n) is 11.0. The largest absolute Gasteiger partial charge is 0.311 e. The number of rotatable bonds is 6. The third kappa shape index (κ3) is 5.32. The van der Waals surface area contributed by atoms with Crippen molar-refractivity contribution in [3.8, 4) is 27.9 Å². The first-order chi connectivity index (χ1) is 27.3. The van der Waals surface area contributed by atoms with Crippen LogP contribution in [-0.4, -0.2) is 4.57 Å². The van der Waals surface area contributed by atoms with Crippen LogP contribution in [0.25, 0.3) is 80.7 Å². The standard InChI is InChI=1S/C52H34N2S/c1-3-12-40(13-4-1)53(43-28-21-36(22-29-43)39-25-31-47-46-17-9-10-18-50(46)55-51(47)34-39)42-26-19-35(20-27-42)38-24-30-45-48-32-23-37-11-7-8-16-44(37)52(48)54(49(45)33-38)41-14-5-2-6-15-41/h1-34H. The molecule has 2 heterocycles. The number of aromatic nitrogens is 1. The molecule has 2 aromatic heterocycles. The molecular formula is C52H34N2S. The Balaban J connectivity index is 0.974. The average Bonchev–Trinajstić information content (AvgIpc) is 3.80. The molecule has 0 unspecified atom stereocenters. The molecule has 258 valence electrons. The normalized spacial score (nSPS) is 11.6. The van der Waals surface area contributed by atoms with Gasteiger partial charge in [0.15, 0.2) is 0 Å². The van der Waals surface area contributed by atoms with Crippen LogP contribution >= 0.6 is 11.3 Å². The zero-order valence-electron chi connectivity index (χ0n) is 29.9. The van der Waals surface area contributed by atoms with E-state index in [0.29, 0.717) is 0 Å². The Morgan fingerprint density at radius 2 is 0.873 bits per heavy atom. The predicted molar refractivity (Wildman–Crippen MR) is 237 cm³/mol. The van der Waals surface area contributed by atoms with E-state index in [9.17, 15) is 0 Å². The molecule has 0 N–H and O–H groups in total. The van der Waals surface area contributed by atoms with E-state index in [1.165, 1.54) is 75.0 Å². The molecule has 0 fully saturated rings. The van der Waals surface area contributed by atoms with Crippen LogP contribution in [0.2, 0.25) is 0 Å². The lowest BCUT2D eigenvalue weighted by atomic mass is 10.0. The highest BCUT2D eigenvalue weighted by Gasteiger charge is 2.17. The minimum atomic E-state index is 1.11. The van der Waals surface area contributed by atoms with Gasteiger partial charge in [-0.2, -0.15) is 0 Å². The first-order valence-electron chi connectivity index (χ1n) is 18.8. The van der Waals surface area contributed by atoms with Crippen LogP contribution < -0.4 is 4.90 Å². The van der Waals surface area contributed by atoms with Gasteiger partial charge in [-0.15, -0.1) is 11.3 Å². The summed E-state index contributed by atoms with van der Waals surface area (Å²) in [5.74, 6) is 0. The molecule has 11 aromatic rings. The minimum absolute atomic E-state index is 1.11. The van der Waals surface area contributed by atoms with E-state index < -0.39 is 0 Å². The predicted octanol–water partition coefficient (Wildman–Crippen LogP) is 15.1. The fraction of sp³-hybridized carbons (Fsp3) is 0. The van der Waals surface area contributed by atoms with Crippen molar-refractivity contribution in [3.63, 3.8) is 0 Å². The number of benzene rings is 9. The van der Waals surface area contributed by atoms with Gasteiger partial charge in [-0.05, 0) is 94.4 Å². The summed E-state index contributed by atoms with van der Waals surface area (Å²) < 4.78 is 5.09. The molecular weight excluding hydrogens is 685 g/mol. The van der Waals surface area contributed by atoms with Crippen molar-refractivity contribution in [1.29, 1.82) is 0 Å². The SMILES string of the molecule is c1ccc(N(c2ccc(-c3ccc4c(c3)sc3ccccc34)cc2)c2ccc(-c3ccc4c5ccc6ccccc6c5n(-c5ccccc5)c4c3)cc2)cc1. The molecule has 0 aliphatic heterocycles. The monoisotopic (exact) mass is 718 g/mol. The summed E-state index contributed by atoms with van der Waals surface area (Å²) >= 11 is 1.86. The van der Waals surface area contributed by atoms with Gasteiger partial charge in [0.25, 0.3) is 0 Å². The van der Waals surface area contributed by atoms with Crippen molar-refractivity contribution >= 4 is 81.1 Å². The number of hydrogen-bond acceptors (Lipinski definition) is 2. The Kier molecular flexibility index (Phi) is 7.39. The van der Waals surface area contributed by atoms with E-state index in [4.69, 9.17) is 0 Å². The molecule has 2 nitrogen and oxygen atoms in total. The number of anilines is 3. The third-order valence-corrected chi connectivity index (χ3v) is 12.1. The molecule has 55 heavy (non-hydrogen) atoms. The fourth-order valence-corrected chi connectivity index (χ4v) is 9.48. The van der Waals surface area contributed by atoms with Crippen LogP contribution in [0.3, 0.4) is 0 Å². The van der Waals surface area contributed by atoms with E-state index in [0.717, 1.165) is 22.7 Å². The molecule has 11 rings (SSSR count). The van der Waals surface area contributed by atoms with Crippen LogP contribution in [0.15, 0.2) is 206 Å². The van der Waals surface area contributed by atoms with Gasteiger partial charge in [0.05, 0.1) is 11.0 Å². The summed E-state index contributed by atoms with van der Waals surface area (Å²) in [6, 6.07) is 75.1. The highest BCUT2D eigenvalue weighted by molar-refractivity contribution is 7.25. The number of thiophene rings is 1. The quantitative estimate of drug-likeness (QED) is 0.166. The summed E-state index contributed by atoms with van der Waals surface area (Å²) in [4.78, 5) is 2.34. The van der Waals surface area contributed by atoms with Crippen molar-refractivity contribution in [2.24, 2.45) is 0 Å². The Morgan fingerprint density at radius 3 is 1.60 bits per heavy atom. The highest BCUT2D eigenvalue weighted by atomic mass is 32.1. The lowest BCUT2D eigenvalue weighted by molar-refractivity contribution is 1.19. The number of nitrogens with zero attached hydrogens (tertiary/aromatic N) is 2. The second-order valence-electron chi connectivity index (χ2n) is 14.2. The molecule has 0 amide bonds. The maximum absolute atomic E-state index is 2.44. The van der Waals surface area contributed by atoms with Crippen LogP contribution in [0.5, 0.6) is 0 Å². The molecule has 9 aromatic carbocycles. The van der Waals surface area contributed by atoms with E-state index >= 15 is 0 Å². The molecule has 0 saturated heterocycles. The maximum atomic E-state index is 2.44. The first kappa shape index (κ1) is 31.6. The van der Waals surface area contributed by atoms with Crippen LogP contribution in [0, 0.1) is 0 Å². The van der Waals surface area contributed by atoms with Gasteiger partial charge >= 0.3 is 0 Å². The molecule has 0 atom stereocenters. The highest BCUT2D eigenvalue weighted by Crippen LogP contribution is 2.41. The lowest BCUT2D eigenvalue weighted by Gasteiger charge is -2.26. The van der Waals surface area contributed by atoms with Crippen LogP contribution in [0.1, 0.15) is 0 Å². The zero-order chi connectivity index (χ0) is 36.3. The second kappa shape index (κ2) is 12.9. The molecule has 0 aliphatic rings. The fourth-order valence-electron chi connectivity index (χ4n) is 8.34. The van der Waals surface area contributed by atoms with E-state index in [1.807, 2.05) is 11.3 Å². The van der Waals surface area contributed by atoms with Crippen molar-refractivity contribution < 1.29 is 0 Å². The maximum Gasteiger partial charge on any atom is 0.0619 e. The summed E-state index contributed by atoms with van der Waals surface area (Å²) in [6.07, 6.45) is 0. The van der Waals surface area contributed by atoms with Crippen molar-refractivity contribution in [2.75, 3.05) is 4.90 Å². The van der Waals surface area contributed by atoms with E-state index in [1.54, 1.807) is 0 Å². The number of fused-ring (bicyclic) bond motifs is 8. The zero-order valence-corrected chi connectivity index (χ0v) is 30.7. The Hall–Kier alpha value is -6.94. The molecule has 3 heteroatoms. The Morgan fingerprint density at radius 1 is 0.345 bits per heavy atom. The van der Waals surface area contributed by atoms with Crippen molar-refractivity contribution in [1.82, 2.24) is 4.57 Å². The van der Waals surface area contributed by atoms with Crippen molar-refractivity contribution in [3.05, 3.63) is 206 Å².